The van der Waals surface area contributed by atoms with E-state index in [2.05, 4.69) is 52.0 Å². The first kappa shape index (κ1) is 12.3. The third kappa shape index (κ3) is 4.05. The molecule has 0 saturated heterocycles. The lowest BCUT2D eigenvalue weighted by atomic mass is 9.81. The Hall–Kier alpha value is -0.820. The number of rotatable bonds is 3. The quantitative estimate of drug-likeness (QED) is 0.800. The molecule has 0 amide bonds. The van der Waals surface area contributed by atoms with E-state index in [9.17, 15) is 0 Å². The summed E-state index contributed by atoms with van der Waals surface area (Å²) in [6, 6.07) is 10.4. The lowest BCUT2D eigenvalue weighted by molar-refractivity contribution is 0.307. The van der Waals surface area contributed by atoms with Gasteiger partial charge in [-0.25, -0.2) is 0 Å². The molecule has 0 radical (unpaired) electrons. The molecule has 0 fully saturated rings. The maximum atomic E-state index is 6.35. The maximum Gasteiger partial charge on any atom is 0.0381 e. The molecular formula is C14H23N. The summed E-state index contributed by atoms with van der Waals surface area (Å²) in [5.41, 5.74) is 7.73. The van der Waals surface area contributed by atoms with Crippen LogP contribution in [0.3, 0.4) is 0 Å². The van der Waals surface area contributed by atoms with Crippen molar-refractivity contribution >= 4 is 0 Å². The molecule has 1 heteroatoms. The highest BCUT2D eigenvalue weighted by Crippen LogP contribution is 2.29. The van der Waals surface area contributed by atoms with Crippen LogP contribution in [0.15, 0.2) is 30.3 Å². The van der Waals surface area contributed by atoms with Gasteiger partial charge in [0.05, 0.1) is 0 Å². The molecule has 2 N–H and O–H groups in total. The molecule has 0 aliphatic heterocycles. The molecule has 1 atom stereocenters. The zero-order valence-electron chi connectivity index (χ0n) is 10.4. The van der Waals surface area contributed by atoms with Gasteiger partial charge in [-0.05, 0) is 30.7 Å². The zero-order chi connectivity index (χ0) is 11.5. The van der Waals surface area contributed by atoms with E-state index in [0.29, 0.717) is 5.41 Å². The Balaban J connectivity index is 2.68. The van der Waals surface area contributed by atoms with Crippen LogP contribution in [0, 0.1) is 5.41 Å². The van der Waals surface area contributed by atoms with Crippen LogP contribution in [0.5, 0.6) is 0 Å². The van der Waals surface area contributed by atoms with E-state index in [-0.39, 0.29) is 5.54 Å². The second-order valence-electron chi connectivity index (χ2n) is 5.84. The first-order valence-corrected chi connectivity index (χ1v) is 5.66. The van der Waals surface area contributed by atoms with Crippen molar-refractivity contribution in [2.45, 2.75) is 46.1 Å². The first-order valence-electron chi connectivity index (χ1n) is 5.66. The Bertz CT molecular complexity index is 293. The lowest BCUT2D eigenvalue weighted by Crippen LogP contribution is -2.34. The molecule has 0 heterocycles. The van der Waals surface area contributed by atoms with Crippen molar-refractivity contribution in [1.29, 1.82) is 0 Å². The van der Waals surface area contributed by atoms with Crippen LogP contribution in [0.4, 0.5) is 0 Å². The molecule has 1 unspecified atom stereocenters. The van der Waals surface area contributed by atoms with Gasteiger partial charge in [0, 0.05) is 5.54 Å². The minimum absolute atomic E-state index is 0.200. The highest BCUT2D eigenvalue weighted by molar-refractivity contribution is 5.22. The van der Waals surface area contributed by atoms with Crippen LogP contribution >= 0.6 is 0 Å². The van der Waals surface area contributed by atoms with Crippen molar-refractivity contribution in [3.8, 4) is 0 Å². The Morgan fingerprint density at radius 2 is 1.47 bits per heavy atom. The molecule has 1 nitrogen and oxygen atoms in total. The van der Waals surface area contributed by atoms with Gasteiger partial charge in [0.15, 0.2) is 0 Å². The van der Waals surface area contributed by atoms with Gasteiger partial charge in [-0.15, -0.1) is 0 Å². The Kier molecular flexibility index (Phi) is 3.56. The number of hydrogen-bond donors (Lipinski definition) is 1. The van der Waals surface area contributed by atoms with E-state index in [1.807, 2.05) is 6.07 Å². The molecule has 1 aromatic carbocycles. The fourth-order valence-corrected chi connectivity index (χ4v) is 1.60. The Labute approximate surface area is 93.7 Å². The van der Waals surface area contributed by atoms with Crippen LogP contribution in [-0.4, -0.2) is 0 Å². The molecule has 1 aromatic rings. The van der Waals surface area contributed by atoms with Crippen LogP contribution in [0.1, 0.15) is 46.1 Å². The second kappa shape index (κ2) is 4.36. The van der Waals surface area contributed by atoms with Crippen LogP contribution < -0.4 is 5.73 Å². The van der Waals surface area contributed by atoms with Gasteiger partial charge >= 0.3 is 0 Å². The maximum absolute atomic E-state index is 6.35. The van der Waals surface area contributed by atoms with Crippen molar-refractivity contribution in [3.05, 3.63) is 35.9 Å². The highest BCUT2D eigenvalue weighted by Gasteiger charge is 2.23. The van der Waals surface area contributed by atoms with Crippen LogP contribution in [0.25, 0.3) is 0 Å². The average Bonchev–Trinajstić information content (AvgIpc) is 2.16. The standard InChI is InChI=1S/C14H23N/c1-13(2,3)10-11-14(4,15)12-8-6-5-7-9-12/h5-9H,10-11,15H2,1-4H3. The fourth-order valence-electron chi connectivity index (χ4n) is 1.60. The van der Waals surface area contributed by atoms with Crippen molar-refractivity contribution in [3.63, 3.8) is 0 Å². The Morgan fingerprint density at radius 1 is 0.933 bits per heavy atom. The summed E-state index contributed by atoms with van der Waals surface area (Å²) in [6.07, 6.45) is 2.18. The number of hydrogen-bond acceptors (Lipinski definition) is 1. The molecule has 15 heavy (non-hydrogen) atoms. The summed E-state index contributed by atoms with van der Waals surface area (Å²) in [4.78, 5) is 0. The largest absolute Gasteiger partial charge is 0.322 e. The van der Waals surface area contributed by atoms with Crippen molar-refractivity contribution in [2.75, 3.05) is 0 Å². The lowest BCUT2D eigenvalue weighted by Gasteiger charge is -2.29. The van der Waals surface area contributed by atoms with Gasteiger partial charge in [0.2, 0.25) is 0 Å². The van der Waals surface area contributed by atoms with E-state index in [0.717, 1.165) is 12.8 Å². The van der Waals surface area contributed by atoms with E-state index in [1.165, 1.54) is 5.56 Å². The predicted octanol–water partition coefficient (Wildman–Crippen LogP) is 3.69. The summed E-state index contributed by atoms with van der Waals surface area (Å²) < 4.78 is 0. The Morgan fingerprint density at radius 3 is 1.93 bits per heavy atom. The molecule has 84 valence electrons. The van der Waals surface area contributed by atoms with Gasteiger partial charge in [-0.3, -0.25) is 0 Å². The minimum Gasteiger partial charge on any atom is -0.322 e. The van der Waals surface area contributed by atoms with Gasteiger partial charge in [0.25, 0.3) is 0 Å². The van der Waals surface area contributed by atoms with Gasteiger partial charge in [-0.2, -0.15) is 0 Å². The molecule has 0 aromatic heterocycles. The van der Waals surface area contributed by atoms with E-state index in [4.69, 9.17) is 5.73 Å². The third-order valence-corrected chi connectivity index (χ3v) is 2.83. The summed E-state index contributed by atoms with van der Waals surface area (Å²) in [5.74, 6) is 0. The molecular weight excluding hydrogens is 182 g/mol. The van der Waals surface area contributed by atoms with E-state index < -0.39 is 0 Å². The highest BCUT2D eigenvalue weighted by atomic mass is 14.7. The summed E-state index contributed by atoms with van der Waals surface area (Å²) in [5, 5.41) is 0. The molecule has 1 rings (SSSR count). The smallest absolute Gasteiger partial charge is 0.0381 e. The molecule has 0 bridgehead atoms. The van der Waals surface area contributed by atoms with Gasteiger partial charge in [0.1, 0.15) is 0 Å². The monoisotopic (exact) mass is 205 g/mol. The van der Waals surface area contributed by atoms with Crippen LogP contribution in [0.2, 0.25) is 0 Å². The number of benzene rings is 1. The molecule has 0 spiro atoms. The van der Waals surface area contributed by atoms with E-state index >= 15 is 0 Å². The third-order valence-electron chi connectivity index (χ3n) is 2.83. The first-order chi connectivity index (χ1) is 6.81. The molecule has 0 aliphatic rings. The summed E-state index contributed by atoms with van der Waals surface area (Å²) in [6.45, 7) is 8.89. The fraction of sp³-hybridized carbons (Fsp3) is 0.571. The second-order valence-corrected chi connectivity index (χ2v) is 5.84. The van der Waals surface area contributed by atoms with Crippen molar-refractivity contribution < 1.29 is 0 Å². The number of nitrogens with two attached hydrogens (primary N) is 1. The van der Waals surface area contributed by atoms with Crippen LogP contribution in [-0.2, 0) is 5.54 Å². The molecule has 0 saturated carbocycles. The van der Waals surface area contributed by atoms with Gasteiger partial charge in [-0.1, -0.05) is 51.1 Å². The van der Waals surface area contributed by atoms with Crippen molar-refractivity contribution in [2.24, 2.45) is 11.1 Å². The average molecular weight is 205 g/mol. The molecule has 0 aliphatic carbocycles. The summed E-state index contributed by atoms with van der Waals surface area (Å²) >= 11 is 0. The van der Waals surface area contributed by atoms with Crippen molar-refractivity contribution in [1.82, 2.24) is 0 Å². The minimum atomic E-state index is -0.200. The summed E-state index contributed by atoms with van der Waals surface area (Å²) in [7, 11) is 0. The normalized spacial score (nSPS) is 16.1. The van der Waals surface area contributed by atoms with E-state index in [1.54, 1.807) is 0 Å². The SMILES string of the molecule is CC(C)(C)CCC(C)(N)c1ccccc1. The predicted molar refractivity (Wildman–Crippen MR) is 66.7 cm³/mol. The topological polar surface area (TPSA) is 26.0 Å². The van der Waals surface area contributed by atoms with Gasteiger partial charge < -0.3 is 5.73 Å². The zero-order valence-corrected chi connectivity index (χ0v) is 10.4.